The first kappa shape index (κ1) is 14.5. The number of ether oxygens (including phenoxy) is 2. The molecule has 0 N–H and O–H groups in total. The van der Waals surface area contributed by atoms with Gasteiger partial charge in [-0.2, -0.15) is 0 Å². The monoisotopic (exact) mass is 271 g/mol. The van der Waals surface area contributed by atoms with Crippen molar-refractivity contribution in [3.05, 3.63) is 59.9 Å². The van der Waals surface area contributed by atoms with Gasteiger partial charge in [0.05, 0.1) is 0 Å². The first-order chi connectivity index (χ1) is 9.74. The predicted molar refractivity (Wildman–Crippen MR) is 79.9 cm³/mol. The highest BCUT2D eigenvalue weighted by Gasteiger charge is 2.23. The molecule has 0 aliphatic rings. The fourth-order valence-electron chi connectivity index (χ4n) is 2.20. The average Bonchev–Trinajstić information content (AvgIpc) is 2.50. The summed E-state index contributed by atoms with van der Waals surface area (Å²) in [6.45, 7) is 4.16. The summed E-state index contributed by atoms with van der Waals surface area (Å²) < 4.78 is 11.7. The van der Waals surface area contributed by atoms with Crippen molar-refractivity contribution in [2.75, 3.05) is 7.11 Å². The summed E-state index contributed by atoms with van der Waals surface area (Å²) in [4.78, 5) is 4.15. The Hall–Kier alpha value is -1.87. The van der Waals surface area contributed by atoms with Gasteiger partial charge in [0, 0.05) is 25.1 Å². The molecule has 2 rings (SSSR count). The normalized spacial score (nSPS) is 13.8. The topological polar surface area (TPSA) is 31.4 Å². The van der Waals surface area contributed by atoms with Crippen molar-refractivity contribution in [2.45, 2.75) is 32.5 Å². The lowest BCUT2D eigenvalue weighted by Crippen LogP contribution is -2.26. The highest BCUT2D eigenvalue weighted by atomic mass is 16.5. The van der Waals surface area contributed by atoms with Crippen LogP contribution < -0.4 is 4.74 Å². The van der Waals surface area contributed by atoms with Crippen molar-refractivity contribution in [1.29, 1.82) is 0 Å². The van der Waals surface area contributed by atoms with Crippen LogP contribution in [0.3, 0.4) is 0 Å². The smallest absolute Gasteiger partial charge is 0.129 e. The zero-order valence-electron chi connectivity index (χ0n) is 12.2. The average molecular weight is 271 g/mol. The van der Waals surface area contributed by atoms with E-state index in [1.54, 1.807) is 13.3 Å². The summed E-state index contributed by atoms with van der Waals surface area (Å²) in [5, 5.41) is 0. The molecule has 0 saturated heterocycles. The summed E-state index contributed by atoms with van der Waals surface area (Å²) in [5.74, 6) is 0.869. The van der Waals surface area contributed by atoms with Gasteiger partial charge in [-0.3, -0.25) is 4.98 Å². The number of rotatable bonds is 6. The molecule has 0 bridgehead atoms. The lowest BCUT2D eigenvalue weighted by atomic mass is 10.0. The van der Waals surface area contributed by atoms with Crippen LogP contribution in [0, 0.1) is 6.92 Å². The zero-order chi connectivity index (χ0) is 14.4. The highest BCUT2D eigenvalue weighted by Crippen LogP contribution is 2.26. The second kappa shape index (κ2) is 7.06. The van der Waals surface area contributed by atoms with Crippen molar-refractivity contribution in [2.24, 2.45) is 0 Å². The van der Waals surface area contributed by atoms with Gasteiger partial charge in [0.15, 0.2) is 0 Å². The Kier molecular flexibility index (Phi) is 5.13. The van der Waals surface area contributed by atoms with Crippen molar-refractivity contribution in [3.63, 3.8) is 0 Å². The number of pyridine rings is 1. The Morgan fingerprint density at radius 1 is 1.15 bits per heavy atom. The van der Waals surface area contributed by atoms with Crippen LogP contribution in [0.4, 0.5) is 0 Å². The minimum absolute atomic E-state index is 0.0353. The predicted octanol–water partition coefficient (Wildman–Crippen LogP) is 3.94. The maximum atomic E-state index is 6.07. The van der Waals surface area contributed by atoms with Crippen LogP contribution in [0.2, 0.25) is 0 Å². The summed E-state index contributed by atoms with van der Waals surface area (Å²) in [7, 11) is 1.71. The molecule has 1 heterocycles. The molecule has 0 radical (unpaired) electrons. The molecule has 106 valence electrons. The molecule has 0 aliphatic heterocycles. The molecule has 3 heteroatoms. The molecule has 2 atom stereocenters. The van der Waals surface area contributed by atoms with Crippen LogP contribution in [0.1, 0.15) is 30.6 Å². The van der Waals surface area contributed by atoms with Crippen LogP contribution in [-0.2, 0) is 4.74 Å². The van der Waals surface area contributed by atoms with Gasteiger partial charge >= 0.3 is 0 Å². The van der Waals surface area contributed by atoms with Crippen molar-refractivity contribution >= 4 is 0 Å². The van der Waals surface area contributed by atoms with Crippen molar-refractivity contribution in [3.8, 4) is 5.75 Å². The Balaban J connectivity index is 2.15. The van der Waals surface area contributed by atoms with Gasteiger partial charge in [-0.25, -0.2) is 0 Å². The van der Waals surface area contributed by atoms with E-state index in [1.807, 2.05) is 42.6 Å². The number of nitrogens with zero attached hydrogens (tertiary/aromatic N) is 1. The molecule has 2 aromatic rings. The van der Waals surface area contributed by atoms with E-state index in [0.717, 1.165) is 17.7 Å². The summed E-state index contributed by atoms with van der Waals surface area (Å²) in [5.41, 5.74) is 2.26. The van der Waals surface area contributed by atoms with Crippen LogP contribution in [0.15, 0.2) is 48.8 Å². The largest absolute Gasteiger partial charge is 0.487 e. The zero-order valence-corrected chi connectivity index (χ0v) is 12.2. The van der Waals surface area contributed by atoms with Crippen LogP contribution in [0.5, 0.6) is 5.75 Å². The third-order valence-electron chi connectivity index (χ3n) is 3.32. The Morgan fingerprint density at radius 2 is 1.90 bits per heavy atom. The van der Waals surface area contributed by atoms with Gasteiger partial charge in [0.1, 0.15) is 18.0 Å². The SMILES string of the molecule is CCC(Oc1ccc(C)cc1)C(OC)c1cccnc1. The molecular formula is C17H21NO2. The molecular weight excluding hydrogens is 250 g/mol. The van der Waals surface area contributed by atoms with E-state index in [2.05, 4.69) is 18.8 Å². The fourth-order valence-corrected chi connectivity index (χ4v) is 2.20. The fraction of sp³-hybridized carbons (Fsp3) is 0.353. The van der Waals surface area contributed by atoms with E-state index in [-0.39, 0.29) is 12.2 Å². The summed E-state index contributed by atoms with van der Waals surface area (Å²) >= 11 is 0. The maximum absolute atomic E-state index is 6.07. The standard InChI is InChI=1S/C17H21NO2/c1-4-16(20-15-9-7-13(2)8-10-15)17(19-3)14-6-5-11-18-12-14/h5-12,16-17H,4H2,1-3H3. The molecule has 2 unspecified atom stereocenters. The second-order valence-corrected chi connectivity index (χ2v) is 4.82. The third kappa shape index (κ3) is 3.58. The first-order valence-corrected chi connectivity index (χ1v) is 6.90. The second-order valence-electron chi connectivity index (χ2n) is 4.82. The Morgan fingerprint density at radius 3 is 2.45 bits per heavy atom. The minimum Gasteiger partial charge on any atom is -0.487 e. The first-order valence-electron chi connectivity index (χ1n) is 6.90. The van der Waals surface area contributed by atoms with Gasteiger partial charge in [-0.15, -0.1) is 0 Å². The van der Waals surface area contributed by atoms with Crippen LogP contribution in [0.25, 0.3) is 0 Å². The maximum Gasteiger partial charge on any atom is 0.129 e. The summed E-state index contributed by atoms with van der Waals surface area (Å²) in [6, 6.07) is 12.0. The molecule has 1 aromatic carbocycles. The van der Waals surface area contributed by atoms with E-state index in [9.17, 15) is 0 Å². The number of aryl methyl sites for hydroxylation is 1. The molecule has 1 aromatic heterocycles. The summed E-state index contributed by atoms with van der Waals surface area (Å²) in [6.07, 6.45) is 4.30. The highest BCUT2D eigenvalue weighted by molar-refractivity contribution is 5.27. The van der Waals surface area contributed by atoms with Gasteiger partial charge in [-0.05, 0) is 31.5 Å². The van der Waals surface area contributed by atoms with E-state index in [4.69, 9.17) is 9.47 Å². The van der Waals surface area contributed by atoms with Crippen molar-refractivity contribution in [1.82, 2.24) is 4.98 Å². The van der Waals surface area contributed by atoms with Gasteiger partial charge in [-0.1, -0.05) is 30.7 Å². The van der Waals surface area contributed by atoms with Gasteiger partial charge in [0.2, 0.25) is 0 Å². The molecule has 0 spiro atoms. The van der Waals surface area contributed by atoms with Gasteiger partial charge < -0.3 is 9.47 Å². The number of hydrogen-bond donors (Lipinski definition) is 0. The number of hydrogen-bond acceptors (Lipinski definition) is 3. The molecule has 0 aliphatic carbocycles. The third-order valence-corrected chi connectivity index (χ3v) is 3.32. The van der Waals surface area contributed by atoms with E-state index >= 15 is 0 Å². The molecule has 0 saturated carbocycles. The Labute approximate surface area is 120 Å². The van der Waals surface area contributed by atoms with E-state index < -0.39 is 0 Å². The van der Waals surface area contributed by atoms with Crippen LogP contribution >= 0.6 is 0 Å². The van der Waals surface area contributed by atoms with Gasteiger partial charge in [0.25, 0.3) is 0 Å². The molecule has 20 heavy (non-hydrogen) atoms. The minimum atomic E-state index is -0.116. The quantitative estimate of drug-likeness (QED) is 0.797. The van der Waals surface area contributed by atoms with E-state index in [1.165, 1.54) is 5.56 Å². The molecule has 3 nitrogen and oxygen atoms in total. The Bertz CT molecular complexity index is 510. The number of aromatic nitrogens is 1. The number of benzene rings is 1. The van der Waals surface area contributed by atoms with Crippen molar-refractivity contribution < 1.29 is 9.47 Å². The van der Waals surface area contributed by atoms with E-state index in [0.29, 0.717) is 0 Å². The lowest BCUT2D eigenvalue weighted by Gasteiger charge is -2.26. The lowest BCUT2D eigenvalue weighted by molar-refractivity contribution is -0.00143. The number of methoxy groups -OCH3 is 1. The molecule has 0 fully saturated rings. The van der Waals surface area contributed by atoms with Crippen LogP contribution in [-0.4, -0.2) is 18.2 Å². The molecule has 0 amide bonds.